The molecule has 0 radical (unpaired) electrons. The first-order valence-electron chi connectivity index (χ1n) is 10.7. The van der Waals surface area contributed by atoms with E-state index >= 15 is 0 Å². The van der Waals surface area contributed by atoms with Crippen LogP contribution in [0.1, 0.15) is 24.5 Å². The quantitative estimate of drug-likeness (QED) is 0.343. The summed E-state index contributed by atoms with van der Waals surface area (Å²) < 4.78 is 32.7. The highest BCUT2D eigenvalue weighted by molar-refractivity contribution is 7.16. The molecule has 0 atom stereocenters. The number of hydrogen-bond donors (Lipinski definition) is 0. The van der Waals surface area contributed by atoms with Crippen molar-refractivity contribution in [1.82, 2.24) is 24.7 Å². The first kappa shape index (κ1) is 20.8. The van der Waals surface area contributed by atoms with Crippen LogP contribution in [-0.4, -0.2) is 37.8 Å². The largest absolute Gasteiger partial charge is 0.472 e. The molecule has 0 N–H and O–H groups in total. The van der Waals surface area contributed by atoms with Gasteiger partial charge < -0.3 is 4.74 Å². The van der Waals surface area contributed by atoms with E-state index in [0.29, 0.717) is 22.7 Å². The molecule has 170 valence electrons. The molecule has 4 aromatic heterocycles. The third-order valence-corrected chi connectivity index (χ3v) is 6.48. The topological polar surface area (TPSA) is 82.8 Å². The predicted molar refractivity (Wildman–Crippen MR) is 125 cm³/mol. The highest BCUT2D eigenvalue weighted by atomic mass is 32.1. The molecule has 0 amide bonds. The molecule has 1 aliphatic carbocycles. The minimum atomic E-state index is -2.64. The number of rotatable bonds is 6. The Labute approximate surface area is 195 Å². The molecule has 4 heterocycles. The highest BCUT2D eigenvalue weighted by Crippen LogP contribution is 2.39. The fraction of sp³-hybridized carbons (Fsp3) is 0.208. The molecule has 6 rings (SSSR count). The van der Waals surface area contributed by atoms with Crippen LogP contribution in [0.5, 0.6) is 5.88 Å². The van der Waals surface area contributed by atoms with Crippen molar-refractivity contribution >= 4 is 32.6 Å². The maximum absolute atomic E-state index is 13.7. The van der Waals surface area contributed by atoms with Crippen molar-refractivity contribution in [1.29, 1.82) is 0 Å². The number of benzene rings is 1. The van der Waals surface area contributed by atoms with Gasteiger partial charge in [0.05, 0.1) is 27.0 Å². The fourth-order valence-corrected chi connectivity index (χ4v) is 4.58. The van der Waals surface area contributed by atoms with E-state index in [9.17, 15) is 13.6 Å². The maximum Gasteiger partial charge on any atom is 0.281 e. The zero-order valence-corrected chi connectivity index (χ0v) is 18.5. The molecular weight excluding hydrogens is 460 g/mol. The molecule has 0 aliphatic heterocycles. The molecule has 7 nitrogen and oxygen atoms in total. The van der Waals surface area contributed by atoms with Crippen molar-refractivity contribution in [2.75, 3.05) is 6.61 Å². The van der Waals surface area contributed by atoms with E-state index in [1.165, 1.54) is 22.1 Å². The Balaban J connectivity index is 1.55. The standard InChI is InChI=1S/C24H17F2N5O2S/c25-20(26)11-33-21-8-7-18-23(29-21)22(14-3-5-16(27-10-14)13-1-2-13)24(32)31(30-18)15-4-6-17-19(9-15)34-12-28-17/h3-10,12-13,20H,1-2,11H2. The van der Waals surface area contributed by atoms with Crippen LogP contribution in [0, 0.1) is 0 Å². The highest BCUT2D eigenvalue weighted by Gasteiger charge is 2.25. The van der Waals surface area contributed by atoms with Gasteiger partial charge in [0.2, 0.25) is 5.88 Å². The van der Waals surface area contributed by atoms with Crippen molar-refractivity contribution in [2.24, 2.45) is 0 Å². The summed E-state index contributed by atoms with van der Waals surface area (Å²) in [7, 11) is 0. The number of pyridine rings is 2. The van der Waals surface area contributed by atoms with Gasteiger partial charge in [0.15, 0.2) is 6.61 Å². The van der Waals surface area contributed by atoms with E-state index < -0.39 is 18.6 Å². The zero-order chi connectivity index (χ0) is 23.2. The average molecular weight is 477 g/mol. The van der Waals surface area contributed by atoms with E-state index in [-0.39, 0.29) is 17.0 Å². The molecule has 1 aromatic carbocycles. The number of nitrogens with zero attached hydrogens (tertiary/aromatic N) is 5. The first-order chi connectivity index (χ1) is 16.6. The number of aromatic nitrogens is 5. The van der Waals surface area contributed by atoms with Crippen LogP contribution in [0.15, 0.2) is 59.0 Å². The number of halogens is 2. The van der Waals surface area contributed by atoms with Gasteiger partial charge in [0.1, 0.15) is 11.0 Å². The molecule has 1 aliphatic rings. The van der Waals surface area contributed by atoms with E-state index in [4.69, 9.17) is 4.74 Å². The summed E-state index contributed by atoms with van der Waals surface area (Å²) in [5.41, 5.74) is 5.33. The normalized spacial score (nSPS) is 13.7. The molecule has 5 aromatic rings. The third-order valence-electron chi connectivity index (χ3n) is 5.69. The van der Waals surface area contributed by atoms with Gasteiger partial charge >= 0.3 is 0 Å². The lowest BCUT2D eigenvalue weighted by Gasteiger charge is -2.12. The summed E-state index contributed by atoms with van der Waals surface area (Å²) in [6, 6.07) is 12.3. The number of thiazole rings is 1. The lowest BCUT2D eigenvalue weighted by Crippen LogP contribution is -2.23. The van der Waals surface area contributed by atoms with Crippen molar-refractivity contribution in [2.45, 2.75) is 25.2 Å². The van der Waals surface area contributed by atoms with Crippen molar-refractivity contribution < 1.29 is 13.5 Å². The minimum absolute atomic E-state index is 0.00152. The van der Waals surface area contributed by atoms with Gasteiger partial charge in [0, 0.05) is 29.4 Å². The Kier molecular flexibility index (Phi) is 5.02. The van der Waals surface area contributed by atoms with Gasteiger partial charge in [-0.3, -0.25) is 9.78 Å². The maximum atomic E-state index is 13.7. The lowest BCUT2D eigenvalue weighted by molar-refractivity contribution is 0.0798. The minimum Gasteiger partial charge on any atom is -0.472 e. The van der Waals surface area contributed by atoms with E-state index in [1.807, 2.05) is 24.3 Å². The van der Waals surface area contributed by atoms with Crippen LogP contribution < -0.4 is 10.3 Å². The van der Waals surface area contributed by atoms with Gasteiger partial charge in [-0.15, -0.1) is 11.3 Å². The second-order valence-corrected chi connectivity index (χ2v) is 8.95. The Morgan fingerprint density at radius 3 is 2.71 bits per heavy atom. The van der Waals surface area contributed by atoms with Crippen LogP contribution in [0.25, 0.3) is 38.1 Å². The van der Waals surface area contributed by atoms with Crippen molar-refractivity contribution in [3.05, 3.63) is 70.2 Å². The molecule has 0 saturated heterocycles. The molecule has 0 unspecified atom stereocenters. The van der Waals surface area contributed by atoms with Gasteiger partial charge in [-0.1, -0.05) is 6.07 Å². The van der Waals surface area contributed by atoms with Crippen molar-refractivity contribution in [3.8, 4) is 22.7 Å². The molecule has 1 saturated carbocycles. The van der Waals surface area contributed by atoms with E-state index in [0.717, 1.165) is 28.8 Å². The second-order valence-electron chi connectivity index (χ2n) is 8.06. The SMILES string of the molecule is O=c1c(-c2ccc(C3CC3)nc2)c2nc(OCC(F)F)ccc2nn1-c1ccc2ncsc2c1. The summed E-state index contributed by atoms with van der Waals surface area (Å²) in [4.78, 5) is 26.9. The average Bonchev–Trinajstić information content (AvgIpc) is 3.59. The van der Waals surface area contributed by atoms with Crippen LogP contribution >= 0.6 is 11.3 Å². The van der Waals surface area contributed by atoms with Crippen LogP contribution in [0.2, 0.25) is 0 Å². The summed E-state index contributed by atoms with van der Waals surface area (Å²) in [5, 5.41) is 4.52. The van der Waals surface area contributed by atoms with Crippen LogP contribution in [-0.2, 0) is 0 Å². The second kappa shape index (κ2) is 8.21. The summed E-state index contributed by atoms with van der Waals surface area (Å²) in [6.07, 6.45) is 1.26. The first-order valence-corrected chi connectivity index (χ1v) is 11.6. The van der Waals surface area contributed by atoms with Gasteiger partial charge in [-0.2, -0.15) is 9.78 Å². The number of fused-ring (bicyclic) bond motifs is 2. The zero-order valence-electron chi connectivity index (χ0n) is 17.7. The number of ether oxygens (including phenoxy) is 1. The van der Waals surface area contributed by atoms with E-state index in [2.05, 4.69) is 20.1 Å². The summed E-state index contributed by atoms with van der Waals surface area (Å²) in [5.74, 6) is 0.472. The van der Waals surface area contributed by atoms with E-state index in [1.54, 1.807) is 23.8 Å². The number of hydrogen-bond acceptors (Lipinski definition) is 7. The molecule has 1 fully saturated rings. The van der Waals surface area contributed by atoms with Crippen molar-refractivity contribution in [3.63, 3.8) is 0 Å². The Morgan fingerprint density at radius 1 is 1.09 bits per heavy atom. The monoisotopic (exact) mass is 477 g/mol. The molecule has 0 spiro atoms. The Hall–Kier alpha value is -3.79. The van der Waals surface area contributed by atoms with Crippen LogP contribution in [0.4, 0.5) is 8.78 Å². The fourth-order valence-electron chi connectivity index (χ4n) is 3.87. The predicted octanol–water partition coefficient (Wildman–Crippen LogP) is 4.97. The van der Waals surface area contributed by atoms with Gasteiger partial charge in [0.25, 0.3) is 12.0 Å². The Bertz CT molecular complexity index is 1580. The molecule has 10 heteroatoms. The van der Waals surface area contributed by atoms with Gasteiger partial charge in [-0.05, 0) is 43.2 Å². The Morgan fingerprint density at radius 2 is 1.94 bits per heavy atom. The molecule has 34 heavy (non-hydrogen) atoms. The lowest BCUT2D eigenvalue weighted by atomic mass is 10.1. The summed E-state index contributed by atoms with van der Waals surface area (Å²) >= 11 is 1.47. The van der Waals surface area contributed by atoms with Gasteiger partial charge in [-0.25, -0.2) is 18.7 Å². The third kappa shape index (κ3) is 3.79. The van der Waals surface area contributed by atoms with Crippen LogP contribution in [0.3, 0.4) is 0 Å². The smallest absolute Gasteiger partial charge is 0.281 e. The molecule has 0 bridgehead atoms. The summed E-state index contributed by atoms with van der Waals surface area (Å²) in [6.45, 7) is -0.787. The molecular formula is C24H17F2N5O2S. The number of alkyl halides is 2.